The zero-order valence-electron chi connectivity index (χ0n) is 15.2. The van der Waals surface area contributed by atoms with Crippen LogP contribution >= 0.6 is 0 Å². The second-order valence-corrected chi connectivity index (χ2v) is 7.13. The molecule has 4 rings (SSSR count). The number of nitrogens with zero attached hydrogens (tertiary/aromatic N) is 4. The van der Waals surface area contributed by atoms with Crippen molar-refractivity contribution in [3.05, 3.63) is 59.8 Å². The molecule has 1 aliphatic heterocycles. The zero-order valence-corrected chi connectivity index (χ0v) is 15.2. The fraction of sp³-hybridized carbons (Fsp3) is 0.429. The highest BCUT2D eigenvalue weighted by atomic mass is 19.1. The average Bonchev–Trinajstić information content (AvgIpc) is 3.01. The lowest BCUT2D eigenvalue weighted by Gasteiger charge is -2.33. The summed E-state index contributed by atoms with van der Waals surface area (Å²) in [5.41, 5.74) is 3.06. The molecule has 0 bridgehead atoms. The first-order valence-corrected chi connectivity index (χ1v) is 9.53. The van der Waals surface area contributed by atoms with E-state index in [4.69, 9.17) is 4.98 Å². The minimum Gasteiger partial charge on any atom is -0.309 e. The molecule has 0 amide bonds. The van der Waals surface area contributed by atoms with Crippen LogP contribution in [0, 0.1) is 5.82 Å². The van der Waals surface area contributed by atoms with E-state index in [-0.39, 0.29) is 5.82 Å². The summed E-state index contributed by atoms with van der Waals surface area (Å²) < 4.78 is 15.8. The largest absolute Gasteiger partial charge is 0.309 e. The average molecular weight is 352 g/mol. The predicted molar refractivity (Wildman–Crippen MR) is 101 cm³/mol. The van der Waals surface area contributed by atoms with E-state index >= 15 is 0 Å². The van der Waals surface area contributed by atoms with Gasteiger partial charge in [-0.05, 0) is 49.1 Å². The molecule has 0 aliphatic carbocycles. The predicted octanol–water partition coefficient (Wildman–Crippen LogP) is 4.36. The van der Waals surface area contributed by atoms with Crippen LogP contribution in [0.1, 0.15) is 43.6 Å². The molecule has 0 atom stereocenters. The van der Waals surface area contributed by atoms with Crippen molar-refractivity contribution in [2.45, 2.75) is 45.2 Å². The Morgan fingerprint density at radius 3 is 2.77 bits per heavy atom. The van der Waals surface area contributed by atoms with Gasteiger partial charge in [-0.3, -0.25) is 4.90 Å². The summed E-state index contributed by atoms with van der Waals surface area (Å²) in [6, 6.07) is 11.4. The molecular weight excluding hydrogens is 327 g/mol. The van der Waals surface area contributed by atoms with E-state index in [1.54, 1.807) is 12.1 Å². The zero-order chi connectivity index (χ0) is 17.9. The maximum absolute atomic E-state index is 13.4. The third-order valence-corrected chi connectivity index (χ3v) is 5.21. The van der Waals surface area contributed by atoms with Crippen molar-refractivity contribution < 1.29 is 4.39 Å². The number of piperidine rings is 1. The smallest absolute Gasteiger partial charge is 0.160 e. The van der Waals surface area contributed by atoms with Crippen LogP contribution < -0.4 is 0 Å². The van der Waals surface area contributed by atoms with Crippen LogP contribution in [0.25, 0.3) is 11.2 Å². The lowest BCUT2D eigenvalue weighted by Crippen LogP contribution is -2.34. The summed E-state index contributed by atoms with van der Waals surface area (Å²) in [6.07, 6.45) is 6.08. The molecule has 26 heavy (non-hydrogen) atoms. The molecule has 4 nitrogen and oxygen atoms in total. The van der Waals surface area contributed by atoms with E-state index in [9.17, 15) is 4.39 Å². The lowest BCUT2D eigenvalue weighted by atomic mass is 10.0. The summed E-state index contributed by atoms with van der Waals surface area (Å²) in [6.45, 7) is 5.03. The second-order valence-electron chi connectivity index (χ2n) is 7.13. The van der Waals surface area contributed by atoms with Gasteiger partial charge in [0.15, 0.2) is 5.65 Å². The highest BCUT2D eigenvalue weighted by Crippen LogP contribution is 2.29. The fourth-order valence-corrected chi connectivity index (χ4v) is 3.99. The van der Waals surface area contributed by atoms with E-state index in [0.29, 0.717) is 6.04 Å². The van der Waals surface area contributed by atoms with Crippen LogP contribution in [0.2, 0.25) is 0 Å². The van der Waals surface area contributed by atoms with E-state index in [1.165, 1.54) is 6.07 Å². The van der Waals surface area contributed by atoms with E-state index in [2.05, 4.69) is 27.4 Å². The van der Waals surface area contributed by atoms with Gasteiger partial charge in [0.05, 0.1) is 0 Å². The topological polar surface area (TPSA) is 34.0 Å². The monoisotopic (exact) mass is 352 g/mol. The molecule has 1 saturated heterocycles. The summed E-state index contributed by atoms with van der Waals surface area (Å²) in [5, 5.41) is 0. The second kappa shape index (κ2) is 7.54. The summed E-state index contributed by atoms with van der Waals surface area (Å²) in [5.74, 6) is 1.00. The minimum absolute atomic E-state index is 0.155. The standard InChI is InChI=1S/C21H25FN4/c1-2-5-20-24-19-8-4-11-23-21(19)26(20)18-9-12-25(13-10-18)15-16-6-3-7-17(22)14-16/h3-4,6-8,11,14,18H,2,5,9-10,12-13,15H2,1H3. The van der Waals surface area contributed by atoms with Gasteiger partial charge < -0.3 is 4.57 Å². The Balaban J connectivity index is 1.49. The summed E-state index contributed by atoms with van der Waals surface area (Å²) >= 11 is 0. The normalized spacial score (nSPS) is 16.4. The molecule has 1 aromatic carbocycles. The third-order valence-electron chi connectivity index (χ3n) is 5.21. The highest BCUT2D eigenvalue weighted by molar-refractivity contribution is 5.71. The molecular formula is C21H25FN4. The molecule has 1 fully saturated rings. The fourth-order valence-electron chi connectivity index (χ4n) is 3.99. The number of pyridine rings is 1. The van der Waals surface area contributed by atoms with Gasteiger partial charge in [-0.15, -0.1) is 0 Å². The van der Waals surface area contributed by atoms with Crippen molar-refractivity contribution in [1.82, 2.24) is 19.4 Å². The Bertz CT molecular complexity index is 881. The maximum Gasteiger partial charge on any atom is 0.160 e. The van der Waals surface area contributed by atoms with Crippen molar-refractivity contribution in [3.8, 4) is 0 Å². The number of hydrogen-bond donors (Lipinski definition) is 0. The number of aromatic nitrogens is 3. The molecule has 1 aliphatic rings. The van der Waals surface area contributed by atoms with E-state index < -0.39 is 0 Å². The lowest BCUT2D eigenvalue weighted by molar-refractivity contribution is 0.179. The van der Waals surface area contributed by atoms with E-state index in [0.717, 1.165) is 67.9 Å². The number of benzene rings is 1. The molecule has 3 aromatic rings. The molecule has 0 N–H and O–H groups in total. The van der Waals surface area contributed by atoms with Crippen LogP contribution in [0.3, 0.4) is 0 Å². The van der Waals surface area contributed by atoms with Gasteiger partial charge in [-0.1, -0.05) is 19.1 Å². The van der Waals surface area contributed by atoms with Crippen molar-refractivity contribution in [1.29, 1.82) is 0 Å². The minimum atomic E-state index is -0.155. The van der Waals surface area contributed by atoms with Gasteiger partial charge in [0, 0.05) is 38.3 Å². The van der Waals surface area contributed by atoms with Crippen molar-refractivity contribution >= 4 is 11.2 Å². The maximum atomic E-state index is 13.4. The van der Waals surface area contributed by atoms with Gasteiger partial charge in [-0.25, -0.2) is 14.4 Å². The Labute approximate surface area is 153 Å². The van der Waals surface area contributed by atoms with Gasteiger partial charge in [0.25, 0.3) is 0 Å². The van der Waals surface area contributed by atoms with Gasteiger partial charge in [-0.2, -0.15) is 0 Å². The Hall–Kier alpha value is -2.27. The number of imidazole rings is 1. The number of fused-ring (bicyclic) bond motifs is 1. The van der Waals surface area contributed by atoms with Gasteiger partial charge >= 0.3 is 0 Å². The third kappa shape index (κ3) is 3.49. The van der Waals surface area contributed by atoms with Crippen LogP contribution in [0.5, 0.6) is 0 Å². The van der Waals surface area contributed by atoms with Crippen LogP contribution in [0.4, 0.5) is 4.39 Å². The molecule has 5 heteroatoms. The van der Waals surface area contributed by atoms with Crippen molar-refractivity contribution in [3.63, 3.8) is 0 Å². The van der Waals surface area contributed by atoms with Crippen LogP contribution in [-0.4, -0.2) is 32.5 Å². The SMILES string of the molecule is CCCc1nc2cccnc2n1C1CCN(Cc2cccc(F)c2)CC1. The highest BCUT2D eigenvalue weighted by Gasteiger charge is 2.24. The molecule has 2 aromatic heterocycles. The van der Waals surface area contributed by atoms with Crippen LogP contribution in [-0.2, 0) is 13.0 Å². The van der Waals surface area contributed by atoms with Crippen LogP contribution in [0.15, 0.2) is 42.6 Å². The number of aryl methyl sites for hydroxylation is 1. The summed E-state index contributed by atoms with van der Waals surface area (Å²) in [7, 11) is 0. The van der Waals surface area contributed by atoms with Gasteiger partial charge in [0.2, 0.25) is 0 Å². The first-order chi connectivity index (χ1) is 12.7. The quantitative estimate of drug-likeness (QED) is 0.684. The Kier molecular flexibility index (Phi) is 4.98. The molecule has 0 spiro atoms. The number of rotatable bonds is 5. The number of halogens is 1. The first kappa shape index (κ1) is 17.2. The van der Waals surface area contributed by atoms with E-state index in [1.807, 2.05) is 18.3 Å². The molecule has 0 saturated carbocycles. The first-order valence-electron chi connectivity index (χ1n) is 9.53. The van der Waals surface area contributed by atoms with Crippen molar-refractivity contribution in [2.75, 3.05) is 13.1 Å². The molecule has 0 radical (unpaired) electrons. The number of hydrogen-bond acceptors (Lipinski definition) is 3. The molecule has 3 heterocycles. The van der Waals surface area contributed by atoms with Gasteiger partial charge in [0.1, 0.15) is 17.2 Å². The Morgan fingerprint density at radius 2 is 2.00 bits per heavy atom. The summed E-state index contributed by atoms with van der Waals surface area (Å²) in [4.78, 5) is 11.8. The molecule has 0 unspecified atom stereocenters. The van der Waals surface area contributed by atoms with Crippen molar-refractivity contribution in [2.24, 2.45) is 0 Å². The number of likely N-dealkylation sites (tertiary alicyclic amines) is 1. The molecule has 136 valence electrons. The Morgan fingerprint density at radius 1 is 1.15 bits per heavy atom.